The maximum absolute atomic E-state index is 12.8. The molecule has 0 bridgehead atoms. The minimum atomic E-state index is -1.08. The number of nitrogens with one attached hydrogen (secondary N) is 1. The largest absolute Gasteiger partial charge is 0.535 e. The van der Waals surface area contributed by atoms with Gasteiger partial charge in [0.2, 0.25) is 0 Å². The van der Waals surface area contributed by atoms with Gasteiger partial charge >= 0.3 is 7.12 Å². The van der Waals surface area contributed by atoms with Crippen LogP contribution in [0.15, 0.2) is 36.4 Å². The van der Waals surface area contributed by atoms with Crippen LogP contribution in [0.3, 0.4) is 0 Å². The second kappa shape index (κ2) is 10.0. The van der Waals surface area contributed by atoms with Crippen LogP contribution in [0.25, 0.3) is 0 Å². The molecule has 2 aromatic carbocycles. The van der Waals surface area contributed by atoms with Crippen molar-refractivity contribution in [2.45, 2.75) is 77.2 Å². The van der Waals surface area contributed by atoms with E-state index in [0.29, 0.717) is 30.2 Å². The van der Waals surface area contributed by atoms with E-state index < -0.39 is 7.12 Å². The summed E-state index contributed by atoms with van der Waals surface area (Å²) in [6.45, 7) is 4.57. The molecule has 2 N–H and O–H groups in total. The Morgan fingerprint density at radius 3 is 2.81 bits per heavy atom. The zero-order valence-electron chi connectivity index (χ0n) is 19.0. The Bertz CT molecular complexity index is 1010. The molecule has 0 amide bonds. The standard InChI is InChI=1S/C26H32BNO4/c1-3-4-5-9-25-24-11-10-18(12-20(24)16-28-25)13-22(30)15-21-14-19-7-6-8-23(17(2)29)26(19)32-27(21)31/h6-8,10-12,21,25,28,31H,3-5,9,13-16H2,1-2H3/t21-,25?/m1/s1. The first-order valence-electron chi connectivity index (χ1n) is 11.8. The Balaban J connectivity index is 1.37. The molecular formula is C26H32BNO4. The van der Waals surface area contributed by atoms with Crippen LogP contribution in [-0.4, -0.2) is 23.7 Å². The average Bonchev–Trinajstić information content (AvgIpc) is 3.16. The topological polar surface area (TPSA) is 75.6 Å². The second-order valence-electron chi connectivity index (χ2n) is 9.20. The summed E-state index contributed by atoms with van der Waals surface area (Å²) in [5, 5.41) is 14.1. The van der Waals surface area contributed by atoms with E-state index in [1.54, 1.807) is 6.07 Å². The highest BCUT2D eigenvalue weighted by Crippen LogP contribution is 2.37. The summed E-state index contributed by atoms with van der Waals surface area (Å²) in [5.74, 6) is 0.142. The Kier molecular flexibility index (Phi) is 7.12. The molecule has 0 saturated heterocycles. The normalized spacial score (nSPS) is 19.3. The van der Waals surface area contributed by atoms with Crippen LogP contribution in [0.1, 0.15) is 84.6 Å². The van der Waals surface area contributed by atoms with Gasteiger partial charge in [0.1, 0.15) is 11.5 Å². The molecule has 2 aliphatic rings. The van der Waals surface area contributed by atoms with E-state index in [2.05, 4.69) is 30.4 Å². The zero-order chi connectivity index (χ0) is 22.7. The molecule has 0 aromatic heterocycles. The van der Waals surface area contributed by atoms with E-state index >= 15 is 0 Å². The zero-order valence-corrected chi connectivity index (χ0v) is 19.0. The van der Waals surface area contributed by atoms with E-state index in [1.165, 1.54) is 37.3 Å². The fourth-order valence-electron chi connectivity index (χ4n) is 4.99. The minimum absolute atomic E-state index is 0.0919. The number of Topliss-reactive ketones (excluding diaryl/α,β-unsaturated/α-hetero) is 2. The summed E-state index contributed by atoms with van der Waals surface area (Å²) < 4.78 is 5.67. The summed E-state index contributed by atoms with van der Waals surface area (Å²) in [6.07, 6.45) is 6.01. The first-order chi connectivity index (χ1) is 15.5. The minimum Gasteiger partial charge on any atom is -0.535 e. The fourth-order valence-corrected chi connectivity index (χ4v) is 4.99. The van der Waals surface area contributed by atoms with Gasteiger partial charge < -0.3 is 15.0 Å². The number of hydrogen-bond acceptors (Lipinski definition) is 5. The molecule has 2 aliphatic heterocycles. The smallest absolute Gasteiger partial charge is 0.526 e. The molecule has 6 heteroatoms. The summed E-state index contributed by atoms with van der Waals surface area (Å²) in [7, 11) is -1.08. The van der Waals surface area contributed by atoms with E-state index in [1.807, 2.05) is 12.1 Å². The van der Waals surface area contributed by atoms with Crippen molar-refractivity contribution in [2.24, 2.45) is 0 Å². The highest BCUT2D eigenvalue weighted by molar-refractivity contribution is 6.47. The molecule has 5 nitrogen and oxygen atoms in total. The molecule has 2 atom stereocenters. The van der Waals surface area contributed by atoms with Crippen molar-refractivity contribution >= 4 is 18.7 Å². The first kappa shape index (κ1) is 22.7. The van der Waals surface area contributed by atoms with Crippen LogP contribution in [0.5, 0.6) is 5.75 Å². The van der Waals surface area contributed by atoms with Gasteiger partial charge in [0.15, 0.2) is 5.78 Å². The van der Waals surface area contributed by atoms with Crippen LogP contribution < -0.4 is 9.97 Å². The average molecular weight is 433 g/mol. The highest BCUT2D eigenvalue weighted by atomic mass is 16.5. The maximum atomic E-state index is 12.8. The summed E-state index contributed by atoms with van der Waals surface area (Å²) in [5.41, 5.74) is 5.04. The van der Waals surface area contributed by atoms with Gasteiger partial charge in [-0.3, -0.25) is 9.59 Å². The number of carbonyl (C=O) groups is 2. The third-order valence-electron chi connectivity index (χ3n) is 6.71. The molecule has 168 valence electrons. The van der Waals surface area contributed by atoms with E-state index in [4.69, 9.17) is 4.65 Å². The number of para-hydroxylation sites is 1. The predicted molar refractivity (Wildman–Crippen MR) is 126 cm³/mol. The molecule has 0 radical (unpaired) electrons. The first-order valence-corrected chi connectivity index (χ1v) is 11.8. The molecule has 2 aromatic rings. The summed E-state index contributed by atoms with van der Waals surface area (Å²) in [4.78, 5) is 24.6. The van der Waals surface area contributed by atoms with Gasteiger partial charge in [0.25, 0.3) is 0 Å². The number of hydrogen-bond donors (Lipinski definition) is 2. The lowest BCUT2D eigenvalue weighted by molar-refractivity contribution is -0.118. The lowest BCUT2D eigenvalue weighted by Crippen LogP contribution is -2.36. The molecular weight excluding hydrogens is 401 g/mol. The number of rotatable bonds is 9. The molecule has 4 rings (SSSR count). The van der Waals surface area contributed by atoms with E-state index in [9.17, 15) is 14.6 Å². The number of ketones is 2. The van der Waals surface area contributed by atoms with Gasteiger partial charge in [0, 0.05) is 31.2 Å². The van der Waals surface area contributed by atoms with Gasteiger partial charge in [-0.2, -0.15) is 0 Å². The molecule has 0 fully saturated rings. The Morgan fingerprint density at radius 1 is 1.19 bits per heavy atom. The van der Waals surface area contributed by atoms with Crippen molar-refractivity contribution in [1.82, 2.24) is 5.32 Å². The number of fused-ring (bicyclic) bond motifs is 2. The van der Waals surface area contributed by atoms with Crippen molar-refractivity contribution in [3.63, 3.8) is 0 Å². The second-order valence-corrected chi connectivity index (χ2v) is 9.20. The number of carbonyl (C=O) groups excluding carboxylic acids is 2. The van der Waals surface area contributed by atoms with Gasteiger partial charge in [0.05, 0.1) is 5.56 Å². The Hall–Kier alpha value is -2.44. The van der Waals surface area contributed by atoms with Crippen LogP contribution in [0, 0.1) is 0 Å². The Morgan fingerprint density at radius 2 is 2.03 bits per heavy atom. The third kappa shape index (κ3) is 4.97. The lowest BCUT2D eigenvalue weighted by Gasteiger charge is -2.28. The van der Waals surface area contributed by atoms with Gasteiger partial charge in [-0.15, -0.1) is 0 Å². The molecule has 1 unspecified atom stereocenters. The van der Waals surface area contributed by atoms with E-state index in [-0.39, 0.29) is 23.8 Å². The van der Waals surface area contributed by atoms with Gasteiger partial charge in [-0.25, -0.2) is 0 Å². The van der Waals surface area contributed by atoms with Gasteiger partial charge in [-0.1, -0.05) is 56.5 Å². The molecule has 2 heterocycles. The van der Waals surface area contributed by atoms with Crippen LogP contribution in [0.2, 0.25) is 5.82 Å². The van der Waals surface area contributed by atoms with Crippen molar-refractivity contribution < 1.29 is 19.3 Å². The summed E-state index contributed by atoms with van der Waals surface area (Å²) in [6, 6.07) is 12.2. The number of benzene rings is 2. The lowest BCUT2D eigenvalue weighted by atomic mass is 9.64. The highest BCUT2D eigenvalue weighted by Gasteiger charge is 2.37. The van der Waals surface area contributed by atoms with Gasteiger partial charge in [-0.05, 0) is 48.1 Å². The van der Waals surface area contributed by atoms with Crippen molar-refractivity contribution in [2.75, 3.05) is 0 Å². The SMILES string of the molecule is CCCCCC1NCc2cc(CC(=O)C[C@H]3Cc4cccc(C(C)=O)c4OB3O)ccc21. The monoisotopic (exact) mass is 433 g/mol. The fraction of sp³-hybridized carbons (Fsp3) is 0.462. The van der Waals surface area contributed by atoms with E-state index in [0.717, 1.165) is 24.1 Å². The van der Waals surface area contributed by atoms with Crippen LogP contribution in [-0.2, 0) is 24.2 Å². The predicted octanol–water partition coefficient (Wildman–Crippen LogP) is 4.60. The van der Waals surface area contributed by atoms with Crippen molar-refractivity contribution in [3.05, 3.63) is 64.2 Å². The van der Waals surface area contributed by atoms with Crippen LogP contribution >= 0.6 is 0 Å². The molecule has 0 saturated carbocycles. The molecule has 0 spiro atoms. The summed E-state index contributed by atoms with van der Waals surface area (Å²) >= 11 is 0. The third-order valence-corrected chi connectivity index (χ3v) is 6.71. The number of unbranched alkanes of at least 4 members (excludes halogenated alkanes) is 2. The molecule has 32 heavy (non-hydrogen) atoms. The Labute approximate surface area is 190 Å². The quantitative estimate of drug-likeness (QED) is 0.344. The van der Waals surface area contributed by atoms with Crippen molar-refractivity contribution in [3.8, 4) is 5.75 Å². The van der Waals surface area contributed by atoms with Crippen molar-refractivity contribution in [1.29, 1.82) is 0 Å². The van der Waals surface area contributed by atoms with Crippen LogP contribution in [0.4, 0.5) is 0 Å². The molecule has 0 aliphatic carbocycles. The maximum Gasteiger partial charge on any atom is 0.526 e.